The van der Waals surface area contributed by atoms with Crippen molar-refractivity contribution in [3.63, 3.8) is 0 Å². The molecule has 0 aromatic carbocycles. The van der Waals surface area contributed by atoms with E-state index in [0.717, 1.165) is 6.54 Å². The molecule has 7 heteroatoms. The highest BCUT2D eigenvalue weighted by atomic mass is 32.1. The van der Waals surface area contributed by atoms with E-state index in [1.54, 1.807) is 0 Å². The summed E-state index contributed by atoms with van der Waals surface area (Å²) in [5.74, 6) is 0.145. The van der Waals surface area contributed by atoms with Crippen LogP contribution >= 0.6 is 12.2 Å². The predicted molar refractivity (Wildman–Crippen MR) is 75.0 cm³/mol. The summed E-state index contributed by atoms with van der Waals surface area (Å²) in [5.41, 5.74) is 5.62. The van der Waals surface area contributed by atoms with Gasteiger partial charge in [0.1, 0.15) is 11.1 Å². The Bertz CT molecular complexity index is 347. The van der Waals surface area contributed by atoms with Crippen molar-refractivity contribution in [3.05, 3.63) is 0 Å². The van der Waals surface area contributed by atoms with E-state index in [2.05, 4.69) is 4.90 Å². The average molecular weight is 287 g/mol. The molecule has 2 heterocycles. The predicted octanol–water partition coefficient (Wildman–Crippen LogP) is -0.779. The van der Waals surface area contributed by atoms with Crippen molar-refractivity contribution >= 4 is 23.1 Å². The number of ether oxygens (including phenoxy) is 2. The van der Waals surface area contributed by atoms with E-state index in [9.17, 15) is 4.79 Å². The zero-order valence-corrected chi connectivity index (χ0v) is 12.0. The summed E-state index contributed by atoms with van der Waals surface area (Å²) in [6.07, 6.45) is -0.247. The first kappa shape index (κ1) is 14.6. The molecule has 0 aromatic rings. The van der Waals surface area contributed by atoms with Gasteiger partial charge < -0.3 is 20.1 Å². The van der Waals surface area contributed by atoms with Gasteiger partial charge in [0.2, 0.25) is 5.91 Å². The molecule has 0 aromatic heterocycles. The Morgan fingerprint density at radius 1 is 1.32 bits per heavy atom. The van der Waals surface area contributed by atoms with Crippen molar-refractivity contribution in [3.8, 4) is 0 Å². The number of rotatable bonds is 3. The van der Waals surface area contributed by atoms with Crippen molar-refractivity contribution < 1.29 is 14.3 Å². The fourth-order valence-electron chi connectivity index (χ4n) is 2.40. The Balaban J connectivity index is 1.92. The molecule has 2 saturated heterocycles. The van der Waals surface area contributed by atoms with Crippen molar-refractivity contribution in [1.82, 2.24) is 9.80 Å². The van der Waals surface area contributed by atoms with Gasteiger partial charge in [-0.2, -0.15) is 0 Å². The second-order valence-corrected chi connectivity index (χ2v) is 5.34. The van der Waals surface area contributed by atoms with Crippen LogP contribution < -0.4 is 5.73 Å². The Hall–Kier alpha value is -0.760. The average Bonchev–Trinajstić information content (AvgIpc) is 2.46. The summed E-state index contributed by atoms with van der Waals surface area (Å²) in [6, 6.07) is -0.168. The van der Waals surface area contributed by atoms with Crippen LogP contribution in [0, 0.1) is 0 Å². The number of morpholine rings is 2. The summed E-state index contributed by atoms with van der Waals surface area (Å²) in [5, 5.41) is 0. The van der Waals surface area contributed by atoms with Crippen LogP contribution in [0.5, 0.6) is 0 Å². The van der Waals surface area contributed by atoms with Crippen molar-refractivity contribution in [2.24, 2.45) is 5.73 Å². The second kappa shape index (κ2) is 6.60. The molecule has 2 aliphatic heterocycles. The lowest BCUT2D eigenvalue weighted by atomic mass is 10.2. The zero-order valence-electron chi connectivity index (χ0n) is 11.2. The van der Waals surface area contributed by atoms with E-state index >= 15 is 0 Å². The number of carbonyl (C=O) groups is 1. The zero-order chi connectivity index (χ0) is 13.8. The molecule has 2 atom stereocenters. The molecular formula is C12H21N3O3S. The van der Waals surface area contributed by atoms with Gasteiger partial charge in [-0.25, -0.2) is 0 Å². The molecule has 0 bridgehead atoms. The lowest BCUT2D eigenvalue weighted by molar-refractivity contribution is -0.142. The number of carbonyl (C=O) groups excluding carboxylic acids is 1. The third kappa shape index (κ3) is 3.62. The highest BCUT2D eigenvalue weighted by molar-refractivity contribution is 7.80. The lowest BCUT2D eigenvalue weighted by Crippen LogP contribution is -2.56. The van der Waals surface area contributed by atoms with Crippen LogP contribution in [-0.2, 0) is 14.3 Å². The van der Waals surface area contributed by atoms with Gasteiger partial charge in [-0.15, -0.1) is 0 Å². The molecule has 19 heavy (non-hydrogen) atoms. The minimum absolute atomic E-state index is 0.145. The number of thiocarbonyl (C=S) groups is 1. The molecule has 1 amide bonds. The van der Waals surface area contributed by atoms with Crippen molar-refractivity contribution in [2.45, 2.75) is 19.1 Å². The maximum atomic E-state index is 12.4. The first-order chi connectivity index (χ1) is 9.09. The minimum Gasteiger partial charge on any atom is -0.391 e. The minimum atomic E-state index is -0.247. The Kier molecular flexibility index (Phi) is 5.09. The van der Waals surface area contributed by atoms with Gasteiger partial charge in [0, 0.05) is 26.2 Å². The summed E-state index contributed by atoms with van der Waals surface area (Å²) < 4.78 is 10.8. The van der Waals surface area contributed by atoms with Gasteiger partial charge in [-0.05, 0) is 6.92 Å². The van der Waals surface area contributed by atoms with Gasteiger partial charge in [0.15, 0.2) is 0 Å². The quantitative estimate of drug-likeness (QED) is 0.687. The van der Waals surface area contributed by atoms with Gasteiger partial charge in [-0.3, -0.25) is 9.69 Å². The van der Waals surface area contributed by atoms with E-state index in [4.69, 9.17) is 27.4 Å². The molecule has 2 unspecified atom stereocenters. The number of hydrogen-bond acceptors (Lipinski definition) is 5. The molecule has 2 fully saturated rings. The summed E-state index contributed by atoms with van der Waals surface area (Å²) in [6.45, 7) is 6.40. The van der Waals surface area contributed by atoms with E-state index in [1.165, 1.54) is 0 Å². The maximum Gasteiger partial charge on any atom is 0.239 e. The molecular weight excluding hydrogens is 266 g/mol. The third-order valence-corrected chi connectivity index (χ3v) is 3.91. The molecule has 0 saturated carbocycles. The molecule has 6 nitrogen and oxygen atoms in total. The van der Waals surface area contributed by atoms with E-state index < -0.39 is 0 Å². The Morgan fingerprint density at radius 2 is 2.00 bits per heavy atom. The number of hydrogen-bond donors (Lipinski definition) is 1. The highest BCUT2D eigenvalue weighted by Crippen LogP contribution is 2.12. The molecule has 0 aliphatic carbocycles. The van der Waals surface area contributed by atoms with Crippen LogP contribution in [0.2, 0.25) is 0 Å². The first-order valence-corrected chi connectivity index (χ1v) is 7.02. The largest absolute Gasteiger partial charge is 0.391 e. The van der Waals surface area contributed by atoms with Crippen LogP contribution in [0.3, 0.4) is 0 Å². The monoisotopic (exact) mass is 287 g/mol. The maximum absolute atomic E-state index is 12.4. The Morgan fingerprint density at radius 3 is 2.63 bits per heavy atom. The summed E-state index contributed by atoms with van der Waals surface area (Å²) in [4.78, 5) is 16.7. The fourth-order valence-corrected chi connectivity index (χ4v) is 2.54. The molecule has 108 valence electrons. The smallest absolute Gasteiger partial charge is 0.239 e. The van der Waals surface area contributed by atoms with Crippen LogP contribution in [0.4, 0.5) is 0 Å². The molecule has 2 rings (SSSR count). The van der Waals surface area contributed by atoms with Crippen LogP contribution in [0.25, 0.3) is 0 Å². The third-order valence-electron chi connectivity index (χ3n) is 3.64. The highest BCUT2D eigenvalue weighted by Gasteiger charge is 2.31. The van der Waals surface area contributed by atoms with E-state index in [-0.39, 0.29) is 18.1 Å². The summed E-state index contributed by atoms with van der Waals surface area (Å²) in [7, 11) is 0. The van der Waals surface area contributed by atoms with Crippen LogP contribution in [0.15, 0.2) is 0 Å². The van der Waals surface area contributed by atoms with Crippen molar-refractivity contribution in [2.75, 3.05) is 46.0 Å². The summed E-state index contributed by atoms with van der Waals surface area (Å²) >= 11 is 4.96. The fraction of sp³-hybridized carbons (Fsp3) is 0.833. The van der Waals surface area contributed by atoms with Crippen LogP contribution in [0.1, 0.15) is 6.92 Å². The SMILES string of the molecule is CC(C(=O)N1CCOCC1)N1CCOC(C(N)=S)C1. The van der Waals surface area contributed by atoms with Gasteiger partial charge in [0.05, 0.1) is 25.9 Å². The second-order valence-electron chi connectivity index (χ2n) is 4.87. The van der Waals surface area contributed by atoms with Crippen LogP contribution in [-0.4, -0.2) is 78.8 Å². The molecule has 0 spiro atoms. The first-order valence-electron chi connectivity index (χ1n) is 6.61. The number of nitrogens with zero attached hydrogens (tertiary/aromatic N) is 2. The number of nitrogens with two attached hydrogens (primary N) is 1. The van der Waals surface area contributed by atoms with E-state index in [0.29, 0.717) is 44.4 Å². The van der Waals surface area contributed by atoms with Gasteiger partial charge >= 0.3 is 0 Å². The standard InChI is InChI=1S/C12H21N3O3S/c1-9(12(16)14-2-5-17-6-3-14)15-4-7-18-10(8-15)11(13)19/h9-10H,2-8H2,1H3,(H2,13,19). The molecule has 2 N–H and O–H groups in total. The van der Waals surface area contributed by atoms with E-state index in [1.807, 2.05) is 11.8 Å². The molecule has 2 aliphatic rings. The van der Waals surface area contributed by atoms with Gasteiger partial charge in [0.25, 0.3) is 0 Å². The molecule has 0 radical (unpaired) electrons. The Labute approximate surface area is 118 Å². The van der Waals surface area contributed by atoms with Crippen molar-refractivity contribution in [1.29, 1.82) is 0 Å². The topological polar surface area (TPSA) is 68.0 Å². The van der Waals surface area contributed by atoms with Gasteiger partial charge in [-0.1, -0.05) is 12.2 Å². The normalized spacial score (nSPS) is 27.0. The lowest BCUT2D eigenvalue weighted by Gasteiger charge is -2.38. The number of amides is 1.